The average molecular weight is 358 g/mol. The summed E-state index contributed by atoms with van der Waals surface area (Å²) in [7, 11) is 0. The van der Waals surface area contributed by atoms with Crippen molar-refractivity contribution in [1.29, 1.82) is 0 Å². The lowest BCUT2D eigenvalue weighted by atomic mass is 10.2. The molecule has 4 rings (SSSR count). The molecule has 0 spiro atoms. The van der Waals surface area contributed by atoms with Crippen LogP contribution in [0.1, 0.15) is 5.56 Å². The number of hydrogen-bond acceptors (Lipinski definition) is 6. The van der Waals surface area contributed by atoms with Crippen LogP contribution in [0.4, 0.5) is 5.69 Å². The molecule has 0 saturated carbocycles. The number of hydrogen-bond donors (Lipinski definition) is 1. The van der Waals surface area contributed by atoms with Crippen molar-refractivity contribution >= 4 is 17.4 Å². The first-order valence-electron chi connectivity index (χ1n) is 8.73. The molecule has 0 aliphatic carbocycles. The third-order valence-electron chi connectivity index (χ3n) is 4.53. The van der Waals surface area contributed by atoms with E-state index in [2.05, 4.69) is 27.3 Å². The first-order valence-corrected chi connectivity index (χ1v) is 9.71. The lowest BCUT2D eigenvalue weighted by Crippen LogP contribution is -2.46. The van der Waals surface area contributed by atoms with Gasteiger partial charge in [0.2, 0.25) is 5.88 Å². The van der Waals surface area contributed by atoms with Gasteiger partial charge in [-0.25, -0.2) is 0 Å². The summed E-state index contributed by atoms with van der Waals surface area (Å²) in [5, 5.41) is 4.10. The van der Waals surface area contributed by atoms with Gasteiger partial charge in [-0.1, -0.05) is 42.1 Å². The van der Waals surface area contributed by atoms with E-state index in [0.29, 0.717) is 18.2 Å². The SMILES string of the molecule is O=c1c(N2CCNCC2)c(OCCc2ccccc2)nc2n1CCS2. The zero-order valence-electron chi connectivity index (χ0n) is 14.1. The molecule has 25 heavy (non-hydrogen) atoms. The van der Waals surface area contributed by atoms with E-state index in [1.807, 2.05) is 18.2 Å². The number of ether oxygens (including phenoxy) is 1. The van der Waals surface area contributed by atoms with Gasteiger partial charge in [0.15, 0.2) is 10.8 Å². The fourth-order valence-corrected chi connectivity index (χ4v) is 4.15. The third kappa shape index (κ3) is 3.52. The molecule has 132 valence electrons. The molecule has 0 amide bonds. The fourth-order valence-electron chi connectivity index (χ4n) is 3.21. The zero-order valence-corrected chi connectivity index (χ0v) is 14.9. The van der Waals surface area contributed by atoms with Gasteiger partial charge in [-0.3, -0.25) is 9.36 Å². The molecule has 1 aromatic carbocycles. The third-order valence-corrected chi connectivity index (χ3v) is 5.49. The van der Waals surface area contributed by atoms with Gasteiger partial charge in [0, 0.05) is 44.9 Å². The van der Waals surface area contributed by atoms with Crippen molar-refractivity contribution in [3.05, 3.63) is 46.2 Å². The number of nitrogens with one attached hydrogen (secondary N) is 1. The summed E-state index contributed by atoms with van der Waals surface area (Å²) >= 11 is 1.62. The Morgan fingerprint density at radius 2 is 1.96 bits per heavy atom. The van der Waals surface area contributed by atoms with Crippen molar-refractivity contribution in [2.24, 2.45) is 0 Å². The van der Waals surface area contributed by atoms with Gasteiger partial charge in [0.1, 0.15) is 0 Å². The van der Waals surface area contributed by atoms with Gasteiger partial charge in [-0.15, -0.1) is 0 Å². The number of aromatic nitrogens is 2. The van der Waals surface area contributed by atoms with Crippen LogP contribution >= 0.6 is 11.8 Å². The number of nitrogens with zero attached hydrogens (tertiary/aromatic N) is 3. The summed E-state index contributed by atoms with van der Waals surface area (Å²) < 4.78 is 7.78. The minimum atomic E-state index is 0.0339. The van der Waals surface area contributed by atoms with Crippen LogP contribution in [0, 0.1) is 0 Å². The molecule has 0 atom stereocenters. The second-order valence-electron chi connectivity index (χ2n) is 6.17. The maximum atomic E-state index is 13.0. The molecule has 3 heterocycles. The van der Waals surface area contributed by atoms with Crippen LogP contribution in [0.2, 0.25) is 0 Å². The summed E-state index contributed by atoms with van der Waals surface area (Å²) in [6, 6.07) is 10.2. The maximum Gasteiger partial charge on any atom is 0.281 e. The van der Waals surface area contributed by atoms with Crippen LogP contribution in [0.25, 0.3) is 0 Å². The molecule has 6 nitrogen and oxygen atoms in total. The van der Waals surface area contributed by atoms with Crippen LogP contribution in [-0.4, -0.2) is 48.1 Å². The molecule has 1 fully saturated rings. The Balaban J connectivity index is 1.59. The predicted molar refractivity (Wildman–Crippen MR) is 99.9 cm³/mol. The Morgan fingerprint density at radius 3 is 2.76 bits per heavy atom. The van der Waals surface area contributed by atoms with E-state index in [0.717, 1.165) is 50.1 Å². The number of thioether (sulfide) groups is 1. The van der Waals surface area contributed by atoms with E-state index >= 15 is 0 Å². The van der Waals surface area contributed by atoms with Crippen molar-refractivity contribution in [3.8, 4) is 5.88 Å². The zero-order chi connectivity index (χ0) is 17.1. The molecule has 2 aromatic rings. The van der Waals surface area contributed by atoms with Crippen LogP contribution in [0.3, 0.4) is 0 Å². The van der Waals surface area contributed by atoms with Crippen molar-refractivity contribution in [2.45, 2.75) is 18.1 Å². The second-order valence-corrected chi connectivity index (χ2v) is 7.24. The lowest BCUT2D eigenvalue weighted by molar-refractivity contribution is 0.303. The molecular weight excluding hydrogens is 336 g/mol. The summed E-state index contributed by atoms with van der Waals surface area (Å²) in [6.07, 6.45) is 0.801. The molecule has 1 aromatic heterocycles. The molecule has 2 aliphatic heterocycles. The number of rotatable bonds is 5. The van der Waals surface area contributed by atoms with Crippen molar-refractivity contribution in [1.82, 2.24) is 14.9 Å². The quantitative estimate of drug-likeness (QED) is 0.815. The topological polar surface area (TPSA) is 59.4 Å². The molecule has 0 radical (unpaired) electrons. The highest BCUT2D eigenvalue weighted by Gasteiger charge is 2.26. The van der Waals surface area contributed by atoms with Gasteiger partial charge < -0.3 is 15.0 Å². The largest absolute Gasteiger partial charge is 0.476 e. The number of piperazine rings is 1. The summed E-state index contributed by atoms with van der Waals surface area (Å²) in [5.74, 6) is 1.39. The minimum Gasteiger partial charge on any atom is -0.476 e. The molecular formula is C18H22N4O2S. The highest BCUT2D eigenvalue weighted by atomic mass is 32.2. The number of benzene rings is 1. The average Bonchev–Trinajstić information content (AvgIpc) is 3.12. The molecule has 2 aliphatic rings. The second kappa shape index (κ2) is 7.49. The summed E-state index contributed by atoms with van der Waals surface area (Å²) in [6.45, 7) is 4.61. The van der Waals surface area contributed by atoms with Crippen LogP contribution in [0.15, 0.2) is 40.3 Å². The Bertz CT molecular complexity index is 788. The highest BCUT2D eigenvalue weighted by molar-refractivity contribution is 7.99. The fraction of sp³-hybridized carbons (Fsp3) is 0.444. The molecule has 1 N–H and O–H groups in total. The van der Waals surface area contributed by atoms with Crippen LogP contribution in [-0.2, 0) is 13.0 Å². The Hall–Kier alpha value is -1.99. The smallest absolute Gasteiger partial charge is 0.281 e. The molecule has 0 bridgehead atoms. The van der Waals surface area contributed by atoms with Gasteiger partial charge in [0.25, 0.3) is 5.56 Å². The first-order chi connectivity index (χ1) is 12.3. The van der Waals surface area contributed by atoms with E-state index < -0.39 is 0 Å². The number of anilines is 1. The van der Waals surface area contributed by atoms with E-state index in [4.69, 9.17) is 4.74 Å². The van der Waals surface area contributed by atoms with Crippen molar-refractivity contribution in [3.63, 3.8) is 0 Å². The number of fused-ring (bicyclic) bond motifs is 1. The normalized spacial score (nSPS) is 16.7. The molecule has 0 unspecified atom stereocenters. The lowest BCUT2D eigenvalue weighted by Gasteiger charge is -2.30. The van der Waals surface area contributed by atoms with Gasteiger partial charge in [-0.2, -0.15) is 4.98 Å². The van der Waals surface area contributed by atoms with Crippen molar-refractivity contribution < 1.29 is 4.74 Å². The van der Waals surface area contributed by atoms with Crippen molar-refractivity contribution in [2.75, 3.05) is 43.4 Å². The van der Waals surface area contributed by atoms with E-state index in [1.165, 1.54) is 5.56 Å². The Labute approximate surface area is 151 Å². The highest BCUT2D eigenvalue weighted by Crippen LogP contribution is 2.29. The van der Waals surface area contributed by atoms with Gasteiger partial charge in [-0.05, 0) is 5.56 Å². The molecule has 7 heteroatoms. The van der Waals surface area contributed by atoms with Gasteiger partial charge in [0.05, 0.1) is 6.61 Å². The van der Waals surface area contributed by atoms with E-state index in [9.17, 15) is 4.79 Å². The first kappa shape index (κ1) is 16.5. The standard InChI is InChI=1S/C18H22N4O2S/c23-17-15(21-9-7-19-8-10-21)16(20-18-22(17)11-13-25-18)24-12-6-14-4-2-1-3-5-14/h1-5,19H,6-13H2. The Morgan fingerprint density at radius 1 is 1.16 bits per heavy atom. The molecule has 1 saturated heterocycles. The van der Waals surface area contributed by atoms with Gasteiger partial charge >= 0.3 is 0 Å². The summed E-state index contributed by atoms with van der Waals surface area (Å²) in [5.41, 5.74) is 1.88. The maximum absolute atomic E-state index is 13.0. The van der Waals surface area contributed by atoms with E-state index in [1.54, 1.807) is 16.3 Å². The van der Waals surface area contributed by atoms with Crippen LogP contribution in [0.5, 0.6) is 5.88 Å². The predicted octanol–water partition coefficient (Wildman–Crippen LogP) is 1.38. The summed E-state index contributed by atoms with van der Waals surface area (Å²) in [4.78, 5) is 19.8. The Kier molecular flexibility index (Phi) is 4.94. The van der Waals surface area contributed by atoms with E-state index in [-0.39, 0.29) is 5.56 Å². The van der Waals surface area contributed by atoms with Crippen LogP contribution < -0.4 is 20.5 Å². The minimum absolute atomic E-state index is 0.0339. The monoisotopic (exact) mass is 358 g/mol.